The van der Waals surface area contributed by atoms with Crippen molar-refractivity contribution in [2.24, 2.45) is 0 Å². The molecule has 0 radical (unpaired) electrons. The van der Waals surface area contributed by atoms with Crippen molar-refractivity contribution >= 4 is 29.1 Å². The van der Waals surface area contributed by atoms with Crippen LogP contribution in [0.15, 0.2) is 41.8 Å². The van der Waals surface area contributed by atoms with Gasteiger partial charge in [0.25, 0.3) is 11.8 Å². The number of amides is 3. The Hall–Kier alpha value is -2.51. The number of rotatable bonds is 7. The van der Waals surface area contributed by atoms with E-state index in [1.165, 1.54) is 4.88 Å². The van der Waals surface area contributed by atoms with E-state index in [0.717, 1.165) is 4.90 Å². The Morgan fingerprint density at radius 2 is 1.77 bits per heavy atom. The smallest absolute Gasteiger partial charge is 0.261 e. The molecule has 1 aromatic carbocycles. The van der Waals surface area contributed by atoms with Crippen LogP contribution in [-0.2, 0) is 4.79 Å². The van der Waals surface area contributed by atoms with Crippen LogP contribution in [0.25, 0.3) is 0 Å². The van der Waals surface area contributed by atoms with Gasteiger partial charge in [-0.1, -0.05) is 18.2 Å². The lowest BCUT2D eigenvalue weighted by Gasteiger charge is -2.23. The fourth-order valence-corrected chi connectivity index (χ4v) is 3.90. The molecule has 136 valence electrons. The van der Waals surface area contributed by atoms with Gasteiger partial charge in [0.1, 0.15) is 0 Å². The highest BCUT2D eigenvalue weighted by atomic mass is 32.1. The third-order valence-corrected chi connectivity index (χ3v) is 5.40. The lowest BCUT2D eigenvalue weighted by molar-refractivity contribution is -0.121. The normalized spacial score (nSPS) is 14.7. The minimum atomic E-state index is -0.330. The lowest BCUT2D eigenvalue weighted by Crippen LogP contribution is -2.37. The van der Waals surface area contributed by atoms with Crippen LogP contribution in [0.2, 0.25) is 0 Å². The number of thiophene rings is 1. The van der Waals surface area contributed by atoms with E-state index >= 15 is 0 Å². The Balaban J connectivity index is 1.53. The van der Waals surface area contributed by atoms with Gasteiger partial charge in [0.05, 0.1) is 17.2 Å². The molecule has 3 amide bonds. The standard InChI is InChI=1S/C19H21N3O3S/c1-21(2)15(16-8-5-11-26-16)12-20-17(23)9-10-22-18(24)13-6-3-4-7-14(13)19(22)25/h3-8,11,15H,9-10,12H2,1-2H3,(H,20,23)/t15-/m1/s1. The van der Waals surface area contributed by atoms with E-state index in [-0.39, 0.29) is 36.7 Å². The third kappa shape index (κ3) is 3.68. The number of benzene rings is 1. The summed E-state index contributed by atoms with van der Waals surface area (Å²) in [7, 11) is 3.94. The first kappa shape index (κ1) is 18.3. The zero-order valence-electron chi connectivity index (χ0n) is 14.8. The van der Waals surface area contributed by atoms with E-state index in [1.54, 1.807) is 35.6 Å². The van der Waals surface area contributed by atoms with Crippen LogP contribution in [0.3, 0.4) is 0 Å². The van der Waals surface area contributed by atoms with E-state index in [9.17, 15) is 14.4 Å². The average molecular weight is 371 g/mol. The molecule has 0 fully saturated rings. The molecule has 1 aromatic heterocycles. The molecule has 1 atom stereocenters. The summed E-state index contributed by atoms with van der Waals surface area (Å²) in [5.74, 6) is -0.837. The van der Waals surface area contributed by atoms with Gasteiger partial charge in [-0.3, -0.25) is 19.3 Å². The third-order valence-electron chi connectivity index (χ3n) is 4.43. The van der Waals surface area contributed by atoms with Crippen LogP contribution >= 0.6 is 11.3 Å². The Bertz CT molecular complexity index is 782. The maximum Gasteiger partial charge on any atom is 0.261 e. The van der Waals surface area contributed by atoms with Crippen molar-refractivity contribution in [1.82, 2.24) is 15.1 Å². The van der Waals surface area contributed by atoms with E-state index in [2.05, 4.69) is 10.2 Å². The number of imide groups is 1. The van der Waals surface area contributed by atoms with Crippen molar-refractivity contribution in [1.29, 1.82) is 0 Å². The number of hydrogen-bond donors (Lipinski definition) is 1. The Morgan fingerprint density at radius 1 is 1.12 bits per heavy atom. The predicted octanol–water partition coefficient (Wildman–Crippen LogP) is 2.15. The van der Waals surface area contributed by atoms with Crippen LogP contribution in [-0.4, -0.2) is 54.7 Å². The summed E-state index contributed by atoms with van der Waals surface area (Å²) in [5.41, 5.74) is 0.812. The highest BCUT2D eigenvalue weighted by molar-refractivity contribution is 7.10. The molecule has 0 bridgehead atoms. The van der Waals surface area contributed by atoms with E-state index in [4.69, 9.17) is 0 Å². The first-order chi connectivity index (χ1) is 12.5. The number of fused-ring (bicyclic) bond motifs is 1. The van der Waals surface area contributed by atoms with Crippen molar-refractivity contribution in [2.45, 2.75) is 12.5 Å². The van der Waals surface area contributed by atoms with Crippen molar-refractivity contribution in [2.75, 3.05) is 27.2 Å². The molecular formula is C19H21N3O3S. The molecule has 2 heterocycles. The number of nitrogens with zero attached hydrogens (tertiary/aromatic N) is 2. The second kappa shape index (κ2) is 7.80. The van der Waals surface area contributed by atoms with Gasteiger partial charge in [-0.2, -0.15) is 0 Å². The van der Waals surface area contributed by atoms with Crippen LogP contribution in [0, 0.1) is 0 Å². The summed E-state index contributed by atoms with van der Waals surface area (Å²) in [6.45, 7) is 0.568. The number of hydrogen-bond acceptors (Lipinski definition) is 5. The van der Waals surface area contributed by atoms with E-state index < -0.39 is 0 Å². The molecule has 7 heteroatoms. The zero-order valence-corrected chi connectivity index (χ0v) is 15.6. The second-order valence-corrected chi connectivity index (χ2v) is 7.34. The highest BCUT2D eigenvalue weighted by Crippen LogP contribution is 2.23. The fourth-order valence-electron chi connectivity index (χ4n) is 2.97. The molecule has 1 N–H and O–H groups in total. The summed E-state index contributed by atoms with van der Waals surface area (Å²) in [5, 5.41) is 4.91. The van der Waals surface area contributed by atoms with Crippen molar-refractivity contribution in [3.05, 3.63) is 57.8 Å². The molecule has 6 nitrogen and oxygen atoms in total. The molecule has 1 aliphatic rings. The van der Waals surface area contributed by atoms with E-state index in [1.807, 2.05) is 31.6 Å². The summed E-state index contributed by atoms with van der Waals surface area (Å²) < 4.78 is 0. The molecule has 26 heavy (non-hydrogen) atoms. The van der Waals surface area contributed by atoms with Gasteiger partial charge in [0.15, 0.2) is 0 Å². The Kier molecular flexibility index (Phi) is 5.49. The number of carbonyl (C=O) groups excluding carboxylic acids is 3. The summed E-state index contributed by atoms with van der Waals surface area (Å²) in [6, 6.07) is 10.9. The van der Waals surface area contributed by atoms with Crippen LogP contribution < -0.4 is 5.32 Å². The van der Waals surface area contributed by atoms with Crippen molar-refractivity contribution < 1.29 is 14.4 Å². The van der Waals surface area contributed by atoms with Gasteiger partial charge < -0.3 is 10.2 Å². The number of likely N-dealkylation sites (N-methyl/N-ethyl adjacent to an activating group) is 1. The lowest BCUT2D eigenvalue weighted by atomic mass is 10.1. The van der Waals surface area contributed by atoms with Gasteiger partial charge >= 0.3 is 0 Å². The van der Waals surface area contributed by atoms with Crippen molar-refractivity contribution in [3.8, 4) is 0 Å². The summed E-state index contributed by atoms with van der Waals surface area (Å²) in [4.78, 5) is 41.2. The fraction of sp³-hybridized carbons (Fsp3) is 0.316. The van der Waals surface area contributed by atoms with Gasteiger partial charge in [0, 0.05) is 24.4 Å². The summed E-state index contributed by atoms with van der Waals surface area (Å²) >= 11 is 1.65. The molecule has 3 rings (SSSR count). The maximum atomic E-state index is 12.3. The number of nitrogens with one attached hydrogen (secondary N) is 1. The van der Waals surface area contributed by atoms with Crippen LogP contribution in [0.4, 0.5) is 0 Å². The maximum absolute atomic E-state index is 12.3. The minimum absolute atomic E-state index is 0.0871. The monoisotopic (exact) mass is 371 g/mol. The molecule has 0 aliphatic carbocycles. The van der Waals surface area contributed by atoms with E-state index in [0.29, 0.717) is 17.7 Å². The minimum Gasteiger partial charge on any atom is -0.354 e. The SMILES string of the molecule is CN(C)[C@H](CNC(=O)CCN1C(=O)c2ccccc2C1=O)c1cccs1. The molecule has 0 unspecified atom stereocenters. The van der Waals surface area contributed by atoms with Crippen LogP contribution in [0.1, 0.15) is 38.1 Å². The summed E-state index contributed by atoms with van der Waals surface area (Å²) in [6.07, 6.45) is 0.0933. The first-order valence-corrected chi connectivity index (χ1v) is 9.28. The molecule has 1 aliphatic heterocycles. The van der Waals surface area contributed by atoms with Gasteiger partial charge in [0.2, 0.25) is 5.91 Å². The number of carbonyl (C=O) groups is 3. The highest BCUT2D eigenvalue weighted by Gasteiger charge is 2.34. The zero-order chi connectivity index (χ0) is 18.7. The molecular weight excluding hydrogens is 350 g/mol. The topological polar surface area (TPSA) is 69.7 Å². The largest absolute Gasteiger partial charge is 0.354 e. The van der Waals surface area contributed by atoms with Gasteiger partial charge in [-0.05, 0) is 37.7 Å². The molecule has 0 spiro atoms. The quantitative estimate of drug-likeness (QED) is 0.757. The Labute approximate surface area is 156 Å². The van der Waals surface area contributed by atoms with Crippen LogP contribution in [0.5, 0.6) is 0 Å². The average Bonchev–Trinajstić information content (AvgIpc) is 3.22. The molecule has 2 aromatic rings. The molecule has 0 saturated heterocycles. The van der Waals surface area contributed by atoms with Gasteiger partial charge in [-0.25, -0.2) is 0 Å². The predicted molar refractivity (Wildman–Crippen MR) is 100 cm³/mol. The van der Waals surface area contributed by atoms with Crippen molar-refractivity contribution in [3.63, 3.8) is 0 Å². The second-order valence-electron chi connectivity index (χ2n) is 6.36. The first-order valence-electron chi connectivity index (χ1n) is 8.40. The molecule has 0 saturated carbocycles. The Morgan fingerprint density at radius 3 is 2.31 bits per heavy atom. The van der Waals surface area contributed by atoms with Gasteiger partial charge in [-0.15, -0.1) is 11.3 Å².